The molecule has 2 aromatic rings. The van der Waals surface area contributed by atoms with Crippen molar-refractivity contribution in [3.63, 3.8) is 0 Å². The summed E-state index contributed by atoms with van der Waals surface area (Å²) in [5.41, 5.74) is 9.76. The number of rotatable bonds is 0. The molecular weight excluding hydrogens is 228 g/mol. The van der Waals surface area contributed by atoms with Crippen LogP contribution in [-0.2, 0) is 12.8 Å². The van der Waals surface area contributed by atoms with Gasteiger partial charge in [-0.15, -0.1) is 12.4 Å². The predicted octanol–water partition coefficient (Wildman–Crippen LogP) is 3.18. The van der Waals surface area contributed by atoms with Gasteiger partial charge in [-0.2, -0.15) is 0 Å². The molecule has 0 saturated heterocycles. The van der Waals surface area contributed by atoms with E-state index in [0.717, 1.165) is 5.52 Å². The van der Waals surface area contributed by atoms with E-state index in [-0.39, 0.29) is 12.4 Å². The minimum absolute atomic E-state index is 0. The highest BCUT2D eigenvalue weighted by atomic mass is 35.5. The van der Waals surface area contributed by atoms with Gasteiger partial charge >= 0.3 is 0 Å². The molecule has 2 N–H and O–H groups in total. The maximum absolute atomic E-state index is 5.70. The molecule has 0 radical (unpaired) electrons. The SMILES string of the molecule is Cl.Nc1nc2cc3c(cc2s1)CCCC3. The number of nitrogen functional groups attached to an aromatic ring is 1. The Labute approximate surface area is 98.9 Å². The predicted molar refractivity (Wildman–Crippen MR) is 67.9 cm³/mol. The van der Waals surface area contributed by atoms with Crippen LogP contribution in [0.25, 0.3) is 10.2 Å². The highest BCUT2D eigenvalue weighted by molar-refractivity contribution is 7.22. The highest BCUT2D eigenvalue weighted by Crippen LogP contribution is 2.30. The summed E-state index contributed by atoms with van der Waals surface area (Å²) < 4.78 is 1.24. The van der Waals surface area contributed by atoms with Gasteiger partial charge in [0.15, 0.2) is 5.13 Å². The third-order valence-corrected chi connectivity index (χ3v) is 3.72. The summed E-state index contributed by atoms with van der Waals surface area (Å²) in [6.07, 6.45) is 5.08. The third kappa shape index (κ3) is 1.82. The van der Waals surface area contributed by atoms with Crippen LogP contribution in [0.2, 0.25) is 0 Å². The van der Waals surface area contributed by atoms with E-state index in [0.29, 0.717) is 5.13 Å². The fourth-order valence-corrected chi connectivity index (χ4v) is 2.95. The van der Waals surface area contributed by atoms with E-state index in [1.165, 1.54) is 41.5 Å². The van der Waals surface area contributed by atoms with E-state index in [4.69, 9.17) is 5.73 Å². The van der Waals surface area contributed by atoms with Gasteiger partial charge in [0.1, 0.15) is 0 Å². The van der Waals surface area contributed by atoms with Crippen LogP contribution in [0.5, 0.6) is 0 Å². The molecule has 15 heavy (non-hydrogen) atoms. The molecule has 0 spiro atoms. The van der Waals surface area contributed by atoms with Crippen molar-refractivity contribution in [2.75, 3.05) is 5.73 Å². The molecule has 3 rings (SSSR count). The fraction of sp³-hybridized carbons (Fsp3) is 0.364. The number of fused-ring (bicyclic) bond motifs is 2. The largest absolute Gasteiger partial charge is 0.375 e. The molecule has 4 heteroatoms. The highest BCUT2D eigenvalue weighted by Gasteiger charge is 2.11. The monoisotopic (exact) mass is 240 g/mol. The van der Waals surface area contributed by atoms with Gasteiger partial charge in [0, 0.05) is 0 Å². The molecule has 1 heterocycles. The zero-order valence-corrected chi connectivity index (χ0v) is 9.96. The number of anilines is 1. The molecule has 0 aliphatic heterocycles. The van der Waals surface area contributed by atoms with Gasteiger partial charge < -0.3 is 5.73 Å². The Morgan fingerprint density at radius 2 is 1.80 bits per heavy atom. The van der Waals surface area contributed by atoms with E-state index in [9.17, 15) is 0 Å². The minimum Gasteiger partial charge on any atom is -0.375 e. The van der Waals surface area contributed by atoms with Crippen LogP contribution >= 0.6 is 23.7 Å². The molecule has 0 bridgehead atoms. The van der Waals surface area contributed by atoms with E-state index in [2.05, 4.69) is 17.1 Å². The molecule has 1 aromatic carbocycles. The number of hydrogen-bond donors (Lipinski definition) is 1. The lowest BCUT2D eigenvalue weighted by atomic mass is 9.92. The van der Waals surface area contributed by atoms with Crippen molar-refractivity contribution in [3.05, 3.63) is 23.3 Å². The fourth-order valence-electron chi connectivity index (χ4n) is 2.17. The summed E-state index contributed by atoms with van der Waals surface area (Å²) in [7, 11) is 0. The van der Waals surface area contributed by atoms with Crippen molar-refractivity contribution >= 4 is 39.1 Å². The summed E-state index contributed by atoms with van der Waals surface area (Å²) in [5, 5.41) is 0.683. The molecule has 0 fully saturated rings. The van der Waals surface area contributed by atoms with E-state index in [1.807, 2.05) is 0 Å². The minimum atomic E-state index is 0. The molecule has 0 unspecified atom stereocenters. The van der Waals surface area contributed by atoms with E-state index in [1.54, 1.807) is 11.3 Å². The second-order valence-electron chi connectivity index (χ2n) is 3.85. The number of hydrogen-bond acceptors (Lipinski definition) is 3. The van der Waals surface area contributed by atoms with Crippen molar-refractivity contribution in [2.45, 2.75) is 25.7 Å². The second kappa shape index (κ2) is 3.99. The number of thiazole rings is 1. The first-order valence-corrected chi connectivity index (χ1v) is 5.82. The molecule has 1 aliphatic carbocycles. The number of halogens is 1. The van der Waals surface area contributed by atoms with Gasteiger partial charge in [0.25, 0.3) is 0 Å². The number of nitrogens with zero attached hydrogens (tertiary/aromatic N) is 1. The Morgan fingerprint density at radius 1 is 1.13 bits per heavy atom. The standard InChI is InChI=1S/C11H12N2S.ClH/c12-11-13-9-5-7-3-1-2-4-8(7)6-10(9)14-11;/h5-6H,1-4H2,(H2,12,13);1H. The average Bonchev–Trinajstić information content (AvgIpc) is 2.53. The van der Waals surface area contributed by atoms with Crippen LogP contribution in [0, 0.1) is 0 Å². The van der Waals surface area contributed by atoms with Gasteiger partial charge in [0.2, 0.25) is 0 Å². The summed E-state index contributed by atoms with van der Waals surface area (Å²) >= 11 is 1.59. The quantitative estimate of drug-likeness (QED) is 0.768. The van der Waals surface area contributed by atoms with Crippen LogP contribution in [0.3, 0.4) is 0 Å². The first-order chi connectivity index (χ1) is 6.83. The smallest absolute Gasteiger partial charge is 0.181 e. The van der Waals surface area contributed by atoms with Crippen molar-refractivity contribution in [2.24, 2.45) is 0 Å². The molecular formula is C11H13ClN2S. The van der Waals surface area contributed by atoms with Crippen LogP contribution in [0.1, 0.15) is 24.0 Å². The first-order valence-electron chi connectivity index (χ1n) is 5.01. The maximum Gasteiger partial charge on any atom is 0.181 e. The summed E-state index contributed by atoms with van der Waals surface area (Å²) in [4.78, 5) is 4.32. The van der Waals surface area contributed by atoms with Gasteiger partial charge in [-0.1, -0.05) is 11.3 Å². The number of aryl methyl sites for hydroxylation is 2. The van der Waals surface area contributed by atoms with Crippen LogP contribution in [0.15, 0.2) is 12.1 Å². The zero-order valence-electron chi connectivity index (χ0n) is 8.32. The van der Waals surface area contributed by atoms with Gasteiger partial charge in [-0.3, -0.25) is 0 Å². The Morgan fingerprint density at radius 3 is 2.53 bits per heavy atom. The Kier molecular flexibility index (Phi) is 2.85. The first kappa shape index (κ1) is 10.7. The molecule has 1 aromatic heterocycles. The normalized spacial score (nSPS) is 14.7. The van der Waals surface area contributed by atoms with Crippen molar-refractivity contribution in [3.8, 4) is 0 Å². The third-order valence-electron chi connectivity index (χ3n) is 2.87. The van der Waals surface area contributed by atoms with Crippen LogP contribution in [0.4, 0.5) is 5.13 Å². The number of benzene rings is 1. The zero-order chi connectivity index (χ0) is 9.54. The Balaban J connectivity index is 0.000000853. The molecule has 80 valence electrons. The topological polar surface area (TPSA) is 38.9 Å². The van der Waals surface area contributed by atoms with Crippen molar-refractivity contribution < 1.29 is 0 Å². The van der Waals surface area contributed by atoms with Gasteiger partial charge in [-0.05, 0) is 48.9 Å². The summed E-state index contributed by atoms with van der Waals surface area (Å²) in [5.74, 6) is 0. The van der Waals surface area contributed by atoms with Crippen molar-refractivity contribution in [1.29, 1.82) is 0 Å². The average molecular weight is 241 g/mol. The van der Waals surface area contributed by atoms with Crippen LogP contribution < -0.4 is 5.73 Å². The molecule has 0 amide bonds. The van der Waals surface area contributed by atoms with Gasteiger partial charge in [0.05, 0.1) is 10.2 Å². The molecule has 0 atom stereocenters. The Bertz CT molecular complexity index is 450. The lowest BCUT2D eigenvalue weighted by Crippen LogP contribution is -2.01. The maximum atomic E-state index is 5.70. The van der Waals surface area contributed by atoms with E-state index >= 15 is 0 Å². The summed E-state index contributed by atoms with van der Waals surface area (Å²) in [6, 6.07) is 4.49. The lowest BCUT2D eigenvalue weighted by molar-refractivity contribution is 0.687. The Hall–Kier alpha value is -0.800. The molecule has 1 aliphatic rings. The van der Waals surface area contributed by atoms with Gasteiger partial charge in [-0.25, -0.2) is 4.98 Å². The lowest BCUT2D eigenvalue weighted by Gasteiger charge is -2.14. The second-order valence-corrected chi connectivity index (χ2v) is 4.91. The molecule has 0 saturated carbocycles. The van der Waals surface area contributed by atoms with Crippen LogP contribution in [-0.4, -0.2) is 4.98 Å². The van der Waals surface area contributed by atoms with E-state index < -0.39 is 0 Å². The van der Waals surface area contributed by atoms with Crippen molar-refractivity contribution in [1.82, 2.24) is 4.98 Å². The molecule has 2 nitrogen and oxygen atoms in total. The summed E-state index contributed by atoms with van der Waals surface area (Å²) in [6.45, 7) is 0. The number of aromatic nitrogens is 1. The number of nitrogens with two attached hydrogens (primary N) is 1.